The van der Waals surface area contributed by atoms with E-state index in [2.05, 4.69) is 69.2 Å². The molecule has 21 heavy (non-hydrogen) atoms. The molecular weight excluding hydrogens is 252 g/mol. The third kappa shape index (κ3) is 18.0. The molecule has 0 aliphatic heterocycles. The molecule has 2 atom stereocenters. The number of unbranched alkanes of at least 4 members (excludes halogenated alkanes) is 1. The Hall–Kier alpha value is 0. The highest BCUT2D eigenvalue weighted by Gasteiger charge is 2.16. The maximum absolute atomic E-state index is 2.42. The van der Waals surface area contributed by atoms with Crippen LogP contribution in [0.1, 0.15) is 108 Å². The van der Waals surface area contributed by atoms with E-state index in [0.717, 1.165) is 23.7 Å². The van der Waals surface area contributed by atoms with E-state index < -0.39 is 0 Å². The Kier molecular flexibility index (Phi) is 13.9. The molecule has 0 aliphatic carbocycles. The van der Waals surface area contributed by atoms with Crippen molar-refractivity contribution in [1.29, 1.82) is 0 Å². The van der Waals surface area contributed by atoms with Gasteiger partial charge in [0.25, 0.3) is 0 Å². The predicted molar refractivity (Wildman–Crippen MR) is 101 cm³/mol. The lowest BCUT2D eigenvalue weighted by molar-refractivity contribution is 0.270. The van der Waals surface area contributed by atoms with E-state index in [9.17, 15) is 0 Å². The van der Waals surface area contributed by atoms with Crippen LogP contribution >= 0.6 is 0 Å². The van der Waals surface area contributed by atoms with Crippen molar-refractivity contribution in [2.75, 3.05) is 0 Å². The minimum atomic E-state index is 0.542. The number of hydrogen-bond donors (Lipinski definition) is 0. The summed E-state index contributed by atoms with van der Waals surface area (Å²) in [6.07, 6.45) is 8.36. The predicted octanol–water partition coefficient (Wildman–Crippen LogP) is 7.96. The van der Waals surface area contributed by atoms with Gasteiger partial charge in [-0.05, 0) is 41.9 Å². The summed E-state index contributed by atoms with van der Waals surface area (Å²) >= 11 is 0. The lowest BCUT2D eigenvalue weighted by atomic mass is 9.81. The molecule has 0 saturated carbocycles. The van der Waals surface area contributed by atoms with Gasteiger partial charge >= 0.3 is 0 Å². The van der Waals surface area contributed by atoms with Crippen LogP contribution in [0.2, 0.25) is 0 Å². The van der Waals surface area contributed by atoms with Crippen LogP contribution in [0.3, 0.4) is 0 Å². The highest BCUT2D eigenvalue weighted by molar-refractivity contribution is 4.67. The summed E-state index contributed by atoms with van der Waals surface area (Å²) in [5.74, 6) is 3.58. The van der Waals surface area contributed by atoms with Crippen LogP contribution in [0.15, 0.2) is 0 Å². The molecule has 0 nitrogen and oxygen atoms in total. The highest BCUT2D eigenvalue weighted by atomic mass is 14.2. The van der Waals surface area contributed by atoms with Crippen LogP contribution in [0.25, 0.3) is 0 Å². The average Bonchev–Trinajstić information content (AvgIpc) is 2.35. The Labute approximate surface area is 137 Å². The minimum Gasteiger partial charge on any atom is -0.0654 e. The van der Waals surface area contributed by atoms with Crippen molar-refractivity contribution in [3.05, 3.63) is 0 Å². The molecular formula is C21H46. The zero-order chi connectivity index (χ0) is 17.1. The van der Waals surface area contributed by atoms with Crippen LogP contribution in [-0.4, -0.2) is 0 Å². The first kappa shape index (κ1) is 23.3. The first-order chi connectivity index (χ1) is 9.53. The van der Waals surface area contributed by atoms with Crippen molar-refractivity contribution < 1.29 is 0 Å². The maximum Gasteiger partial charge on any atom is -0.0385 e. The molecule has 0 bridgehead atoms. The summed E-state index contributed by atoms with van der Waals surface area (Å²) in [5.41, 5.74) is 0.542. The summed E-state index contributed by atoms with van der Waals surface area (Å²) in [7, 11) is 0. The van der Waals surface area contributed by atoms with Gasteiger partial charge in [-0.25, -0.2) is 0 Å². The topological polar surface area (TPSA) is 0 Å². The van der Waals surface area contributed by atoms with E-state index in [4.69, 9.17) is 0 Å². The molecule has 2 unspecified atom stereocenters. The van der Waals surface area contributed by atoms with E-state index in [1.54, 1.807) is 0 Å². The zero-order valence-electron chi connectivity index (χ0n) is 17.1. The fourth-order valence-corrected chi connectivity index (χ4v) is 2.29. The Morgan fingerprint density at radius 1 is 0.810 bits per heavy atom. The van der Waals surface area contributed by atoms with E-state index in [1.807, 2.05) is 0 Å². The van der Waals surface area contributed by atoms with Gasteiger partial charge in [-0.2, -0.15) is 0 Å². The molecule has 0 heteroatoms. The Bertz CT molecular complexity index is 207. The summed E-state index contributed by atoms with van der Waals surface area (Å²) in [5, 5.41) is 0. The molecule has 0 N–H and O–H groups in total. The van der Waals surface area contributed by atoms with Gasteiger partial charge in [-0.3, -0.25) is 0 Å². The van der Waals surface area contributed by atoms with Crippen LogP contribution < -0.4 is 0 Å². The molecule has 0 radical (unpaired) electrons. The quantitative estimate of drug-likeness (QED) is 0.426. The smallest absolute Gasteiger partial charge is 0.0385 e. The van der Waals surface area contributed by atoms with Crippen molar-refractivity contribution in [2.45, 2.75) is 108 Å². The van der Waals surface area contributed by atoms with Crippen LogP contribution in [0.4, 0.5) is 0 Å². The van der Waals surface area contributed by atoms with Gasteiger partial charge in [0.1, 0.15) is 0 Å². The average molecular weight is 299 g/mol. The first-order valence-electron chi connectivity index (χ1n) is 9.53. The summed E-state index contributed by atoms with van der Waals surface area (Å²) in [6.45, 7) is 23.1. The van der Waals surface area contributed by atoms with E-state index in [-0.39, 0.29) is 0 Å². The van der Waals surface area contributed by atoms with Gasteiger partial charge < -0.3 is 0 Å². The molecule has 0 amide bonds. The van der Waals surface area contributed by atoms with Gasteiger partial charge in [0.15, 0.2) is 0 Å². The van der Waals surface area contributed by atoms with Gasteiger partial charge in [-0.1, -0.05) is 94.9 Å². The minimum absolute atomic E-state index is 0.542. The molecule has 0 aliphatic rings. The van der Waals surface area contributed by atoms with Crippen molar-refractivity contribution in [3.8, 4) is 0 Å². The molecule has 0 saturated heterocycles. The van der Waals surface area contributed by atoms with Gasteiger partial charge in [0.05, 0.1) is 0 Å². The molecule has 0 aromatic heterocycles. The maximum atomic E-state index is 2.42. The van der Waals surface area contributed by atoms with E-state index in [0.29, 0.717) is 5.41 Å². The van der Waals surface area contributed by atoms with Gasteiger partial charge in [0, 0.05) is 0 Å². The Morgan fingerprint density at radius 2 is 1.29 bits per heavy atom. The molecule has 130 valence electrons. The third-order valence-electron chi connectivity index (χ3n) is 4.67. The summed E-state index contributed by atoms with van der Waals surface area (Å²) in [4.78, 5) is 0. The van der Waals surface area contributed by atoms with Crippen molar-refractivity contribution in [3.63, 3.8) is 0 Å². The third-order valence-corrected chi connectivity index (χ3v) is 4.67. The standard InChI is InChI=1S/C15H32.C6H14/c1-7-8-9-15(10-12(2)3)11-14(6)13(4)5;1-5-6(2,3)4/h12-15H,7-11H2,1-6H3;5H2,1-4H3. The molecule has 0 heterocycles. The van der Waals surface area contributed by atoms with Crippen molar-refractivity contribution in [1.82, 2.24) is 0 Å². The first-order valence-corrected chi connectivity index (χ1v) is 9.53. The molecule has 0 aromatic carbocycles. The molecule has 0 aromatic rings. The molecule has 0 fully saturated rings. The fraction of sp³-hybridized carbons (Fsp3) is 1.00. The Balaban J connectivity index is 0. The monoisotopic (exact) mass is 298 g/mol. The zero-order valence-corrected chi connectivity index (χ0v) is 17.1. The number of rotatable bonds is 8. The molecule has 0 rings (SSSR count). The van der Waals surface area contributed by atoms with Crippen molar-refractivity contribution >= 4 is 0 Å². The lowest BCUT2D eigenvalue weighted by Crippen LogP contribution is -2.13. The van der Waals surface area contributed by atoms with Gasteiger partial charge in [-0.15, -0.1) is 0 Å². The highest BCUT2D eigenvalue weighted by Crippen LogP contribution is 2.28. The fourth-order valence-electron chi connectivity index (χ4n) is 2.29. The Morgan fingerprint density at radius 3 is 1.57 bits per heavy atom. The van der Waals surface area contributed by atoms with E-state index >= 15 is 0 Å². The second kappa shape index (κ2) is 12.5. The summed E-state index contributed by atoms with van der Waals surface area (Å²) < 4.78 is 0. The number of hydrogen-bond acceptors (Lipinski definition) is 0. The normalized spacial score (nSPS) is 14.9. The second-order valence-electron chi connectivity index (χ2n) is 9.01. The van der Waals surface area contributed by atoms with Crippen LogP contribution in [0.5, 0.6) is 0 Å². The SMILES string of the molecule is CCC(C)(C)C.CCCCC(CC(C)C)CC(C)C(C)C. The van der Waals surface area contributed by atoms with Crippen LogP contribution in [-0.2, 0) is 0 Å². The second-order valence-corrected chi connectivity index (χ2v) is 9.01. The molecule has 0 spiro atoms. The van der Waals surface area contributed by atoms with Crippen molar-refractivity contribution in [2.24, 2.45) is 29.1 Å². The van der Waals surface area contributed by atoms with E-state index in [1.165, 1.54) is 38.5 Å². The van der Waals surface area contributed by atoms with Gasteiger partial charge in [0.2, 0.25) is 0 Å². The lowest BCUT2D eigenvalue weighted by Gasteiger charge is -2.24. The largest absolute Gasteiger partial charge is 0.0654 e. The van der Waals surface area contributed by atoms with Crippen LogP contribution in [0, 0.1) is 29.1 Å². The summed E-state index contributed by atoms with van der Waals surface area (Å²) in [6, 6.07) is 0.